The van der Waals surface area contributed by atoms with Crippen LogP contribution in [0.25, 0.3) is 0 Å². The molecule has 1 aromatic carbocycles. The number of amides is 1. The first-order valence-electron chi connectivity index (χ1n) is 6.59. The van der Waals surface area contributed by atoms with Crippen LogP contribution in [0.5, 0.6) is 5.75 Å². The summed E-state index contributed by atoms with van der Waals surface area (Å²) in [6.45, 7) is 2.12. The van der Waals surface area contributed by atoms with Crippen molar-refractivity contribution >= 4 is 21.8 Å². The maximum absolute atomic E-state index is 12.3. The van der Waals surface area contributed by atoms with Crippen LogP contribution in [-0.4, -0.2) is 25.6 Å². The van der Waals surface area contributed by atoms with Crippen LogP contribution in [0.3, 0.4) is 0 Å². The van der Waals surface area contributed by atoms with Crippen LogP contribution in [0.4, 0.5) is 8.78 Å². The molecule has 0 aliphatic heterocycles. The van der Waals surface area contributed by atoms with Crippen LogP contribution < -0.4 is 15.4 Å². The Balaban J connectivity index is 2.50. The van der Waals surface area contributed by atoms with Crippen LogP contribution in [0.1, 0.15) is 19.4 Å². The number of carbonyl (C=O) groups is 1. The van der Waals surface area contributed by atoms with Crippen molar-refractivity contribution < 1.29 is 18.3 Å². The minimum Gasteiger partial charge on any atom is -0.434 e. The third-order valence-electron chi connectivity index (χ3n) is 2.55. The zero-order valence-corrected chi connectivity index (χ0v) is 13.5. The second-order valence-electron chi connectivity index (χ2n) is 4.93. The van der Waals surface area contributed by atoms with Gasteiger partial charge in [-0.3, -0.25) is 4.79 Å². The zero-order valence-electron chi connectivity index (χ0n) is 12.0. The van der Waals surface area contributed by atoms with Gasteiger partial charge in [-0.1, -0.05) is 29.8 Å². The number of alkyl halides is 2. The molecule has 0 saturated carbocycles. The van der Waals surface area contributed by atoms with Crippen molar-refractivity contribution in [1.29, 1.82) is 0 Å². The van der Waals surface area contributed by atoms with E-state index in [1.165, 1.54) is 6.07 Å². The summed E-state index contributed by atoms with van der Waals surface area (Å²) in [7, 11) is 0. The van der Waals surface area contributed by atoms with Crippen LogP contribution in [-0.2, 0) is 11.3 Å². The number of halogens is 3. The molecule has 0 atom stereocenters. The second kappa shape index (κ2) is 8.94. The Morgan fingerprint density at radius 1 is 1.38 bits per heavy atom. The molecule has 0 aliphatic carbocycles. The van der Waals surface area contributed by atoms with Gasteiger partial charge in [-0.15, -0.1) is 0 Å². The second-order valence-corrected chi connectivity index (χ2v) is 5.85. The minimum atomic E-state index is -2.88. The Hall–Kier alpha value is -1.21. The van der Waals surface area contributed by atoms with E-state index in [0.717, 1.165) is 4.47 Å². The van der Waals surface area contributed by atoms with E-state index in [1.54, 1.807) is 12.1 Å². The summed E-state index contributed by atoms with van der Waals surface area (Å²) in [5.74, 6) is 0.350. The van der Waals surface area contributed by atoms with Crippen molar-refractivity contribution in [3.05, 3.63) is 28.2 Å². The number of hydrogen-bond acceptors (Lipinski definition) is 3. The normalized spacial score (nSPS) is 11.0. The highest BCUT2D eigenvalue weighted by Crippen LogP contribution is 2.24. The lowest BCUT2D eigenvalue weighted by Crippen LogP contribution is -2.35. The molecule has 0 aromatic heterocycles. The summed E-state index contributed by atoms with van der Waals surface area (Å²) in [6.07, 6.45) is 0. The van der Waals surface area contributed by atoms with Gasteiger partial charge < -0.3 is 15.4 Å². The van der Waals surface area contributed by atoms with E-state index in [0.29, 0.717) is 18.0 Å². The van der Waals surface area contributed by atoms with Gasteiger partial charge in [0, 0.05) is 23.1 Å². The van der Waals surface area contributed by atoms with Gasteiger partial charge >= 0.3 is 6.61 Å². The molecule has 0 radical (unpaired) electrons. The molecule has 0 saturated heterocycles. The monoisotopic (exact) mass is 364 g/mol. The highest BCUT2D eigenvalue weighted by molar-refractivity contribution is 9.10. The van der Waals surface area contributed by atoms with Crippen LogP contribution in [0.15, 0.2) is 22.7 Å². The Labute approximate surface area is 131 Å². The standard InChI is InChI=1S/C14H19BrF2N2O2/c1-9(2)6-19-13(20)8-18-7-10-5-11(15)3-4-12(10)21-14(16)17/h3-5,9,14,18H,6-8H2,1-2H3,(H,19,20). The fourth-order valence-corrected chi connectivity index (χ4v) is 2.00. The van der Waals surface area contributed by atoms with E-state index in [4.69, 9.17) is 0 Å². The lowest BCUT2D eigenvalue weighted by molar-refractivity contribution is -0.120. The predicted octanol–water partition coefficient (Wildman–Crippen LogP) is 2.91. The fraction of sp³-hybridized carbons (Fsp3) is 0.500. The van der Waals surface area contributed by atoms with Crippen LogP contribution in [0, 0.1) is 5.92 Å². The summed E-state index contributed by atoms with van der Waals surface area (Å²) in [5, 5.41) is 5.67. The summed E-state index contributed by atoms with van der Waals surface area (Å²) in [6, 6.07) is 4.76. The molecule has 1 aromatic rings. The lowest BCUT2D eigenvalue weighted by Gasteiger charge is -2.12. The molecule has 7 heteroatoms. The molecule has 21 heavy (non-hydrogen) atoms. The van der Waals surface area contributed by atoms with Crippen molar-refractivity contribution in [3.63, 3.8) is 0 Å². The molecule has 4 nitrogen and oxygen atoms in total. The number of carbonyl (C=O) groups excluding carboxylic acids is 1. The highest BCUT2D eigenvalue weighted by atomic mass is 79.9. The van der Waals surface area contributed by atoms with Gasteiger partial charge in [0.25, 0.3) is 0 Å². The van der Waals surface area contributed by atoms with Gasteiger partial charge in [-0.2, -0.15) is 8.78 Å². The summed E-state index contributed by atoms with van der Waals surface area (Å²) in [5.41, 5.74) is 0.557. The molecule has 2 N–H and O–H groups in total. The average molecular weight is 365 g/mol. The molecule has 0 heterocycles. The van der Waals surface area contributed by atoms with E-state index < -0.39 is 6.61 Å². The summed E-state index contributed by atoms with van der Waals surface area (Å²) < 4.78 is 29.8. The Bertz CT molecular complexity index is 470. The van der Waals surface area contributed by atoms with Gasteiger partial charge in [-0.05, 0) is 24.1 Å². The molecule has 0 aliphatic rings. The van der Waals surface area contributed by atoms with Crippen molar-refractivity contribution in [2.24, 2.45) is 5.92 Å². The zero-order chi connectivity index (χ0) is 15.8. The number of hydrogen-bond donors (Lipinski definition) is 2. The van der Waals surface area contributed by atoms with Gasteiger partial charge in [0.1, 0.15) is 5.75 Å². The van der Waals surface area contributed by atoms with Crippen molar-refractivity contribution in [2.75, 3.05) is 13.1 Å². The van der Waals surface area contributed by atoms with Crippen molar-refractivity contribution in [1.82, 2.24) is 10.6 Å². The van der Waals surface area contributed by atoms with Crippen molar-refractivity contribution in [3.8, 4) is 5.75 Å². The molecule has 1 amide bonds. The van der Waals surface area contributed by atoms with Crippen molar-refractivity contribution in [2.45, 2.75) is 27.0 Å². The summed E-state index contributed by atoms with van der Waals surface area (Å²) >= 11 is 3.27. The van der Waals surface area contributed by atoms with E-state index in [1.807, 2.05) is 13.8 Å². The molecule has 0 spiro atoms. The van der Waals surface area contributed by atoms with E-state index in [9.17, 15) is 13.6 Å². The maximum atomic E-state index is 12.3. The fourth-order valence-electron chi connectivity index (χ4n) is 1.59. The van der Waals surface area contributed by atoms with Crippen LogP contribution in [0.2, 0.25) is 0 Å². The van der Waals surface area contributed by atoms with Gasteiger partial charge in [0.15, 0.2) is 0 Å². The Kier molecular flexibility index (Phi) is 7.60. The Morgan fingerprint density at radius 3 is 2.71 bits per heavy atom. The number of nitrogens with one attached hydrogen (secondary N) is 2. The lowest BCUT2D eigenvalue weighted by atomic mass is 10.2. The van der Waals surface area contributed by atoms with Gasteiger partial charge in [-0.25, -0.2) is 0 Å². The minimum absolute atomic E-state index is 0.100. The molecule has 118 valence electrons. The Morgan fingerprint density at radius 2 is 2.10 bits per heavy atom. The first-order valence-corrected chi connectivity index (χ1v) is 7.38. The average Bonchev–Trinajstić information content (AvgIpc) is 2.39. The highest BCUT2D eigenvalue weighted by Gasteiger charge is 2.10. The molecule has 0 bridgehead atoms. The summed E-state index contributed by atoms with van der Waals surface area (Å²) in [4.78, 5) is 11.5. The number of ether oxygens (including phenoxy) is 1. The quantitative estimate of drug-likeness (QED) is 0.745. The predicted molar refractivity (Wildman–Crippen MR) is 80.3 cm³/mol. The molecular formula is C14H19BrF2N2O2. The smallest absolute Gasteiger partial charge is 0.387 e. The number of benzene rings is 1. The van der Waals surface area contributed by atoms with E-state index >= 15 is 0 Å². The third kappa shape index (κ3) is 7.38. The van der Waals surface area contributed by atoms with Gasteiger partial charge in [0.2, 0.25) is 5.91 Å². The maximum Gasteiger partial charge on any atom is 0.387 e. The van der Waals surface area contributed by atoms with E-state index in [-0.39, 0.29) is 24.7 Å². The largest absolute Gasteiger partial charge is 0.434 e. The topological polar surface area (TPSA) is 50.4 Å². The molecule has 0 unspecified atom stereocenters. The third-order valence-corrected chi connectivity index (χ3v) is 3.04. The molecular weight excluding hydrogens is 346 g/mol. The first kappa shape index (κ1) is 17.8. The SMILES string of the molecule is CC(C)CNC(=O)CNCc1cc(Br)ccc1OC(F)F. The van der Waals surface area contributed by atoms with E-state index in [2.05, 4.69) is 31.3 Å². The molecule has 0 fully saturated rings. The van der Waals surface area contributed by atoms with Crippen LogP contribution >= 0.6 is 15.9 Å². The molecule has 1 rings (SSSR count). The van der Waals surface area contributed by atoms with Gasteiger partial charge in [0.05, 0.1) is 6.54 Å². The first-order chi connectivity index (χ1) is 9.88. The number of rotatable bonds is 8.